The van der Waals surface area contributed by atoms with Crippen LogP contribution < -0.4 is 5.73 Å². The lowest BCUT2D eigenvalue weighted by atomic mass is 9.85. The quantitative estimate of drug-likeness (QED) is 0.274. The number of hydrogen-bond donors (Lipinski definition) is 3. The molecule has 0 atom stereocenters. The molecule has 2 heterocycles. The van der Waals surface area contributed by atoms with Gasteiger partial charge in [-0.15, -0.1) is 0 Å². The molecule has 164 valence electrons. The molecule has 0 radical (unpaired) electrons. The summed E-state index contributed by atoms with van der Waals surface area (Å²) in [6, 6.07) is 10.3. The first-order valence-corrected chi connectivity index (χ1v) is 11.7. The molecule has 2 aromatic carbocycles. The minimum absolute atomic E-state index is 0.643. The molecule has 32 heavy (non-hydrogen) atoms. The number of anilines is 1. The van der Waals surface area contributed by atoms with Crippen LogP contribution in [0.5, 0.6) is 0 Å². The van der Waals surface area contributed by atoms with Gasteiger partial charge in [0.2, 0.25) is 0 Å². The lowest BCUT2D eigenvalue weighted by Crippen LogP contribution is -2.22. The van der Waals surface area contributed by atoms with Crippen LogP contribution in [0.4, 0.5) is 5.69 Å². The van der Waals surface area contributed by atoms with E-state index in [1.54, 1.807) is 0 Å². The Morgan fingerprint density at radius 3 is 2.59 bits per heavy atom. The number of aromatic nitrogens is 2. The molecule has 0 saturated heterocycles. The third-order valence-corrected chi connectivity index (χ3v) is 7.01. The first-order chi connectivity index (χ1) is 15.6. The van der Waals surface area contributed by atoms with Crippen molar-refractivity contribution in [3.8, 4) is 11.3 Å². The number of nitrogen functional groups attached to an aromatic ring is 1. The second-order valence-corrected chi connectivity index (χ2v) is 8.78. The maximum atomic E-state index is 7.72. The first kappa shape index (κ1) is 20.7. The monoisotopic (exact) mass is 425 g/mol. The lowest BCUT2D eigenvalue weighted by Gasteiger charge is -2.24. The third-order valence-electron chi connectivity index (χ3n) is 7.01. The standard InChI is InChI=1S/C27H31N5/c1-3-32(4-2)16-19-15-30-23-11-12-24-26(25(19)23)20-7-5-6-8-21(20)27(31-24)17-9-10-22(29)18(13-17)14-28/h9-15,28,31H,3-8,16,29H2,1-2H3. The molecule has 0 aliphatic heterocycles. The van der Waals surface area contributed by atoms with Crippen molar-refractivity contribution in [2.24, 2.45) is 0 Å². The van der Waals surface area contributed by atoms with Gasteiger partial charge in [0.25, 0.3) is 0 Å². The Bertz CT molecular complexity index is 1310. The van der Waals surface area contributed by atoms with Crippen LogP contribution in [0.15, 0.2) is 36.5 Å². The fourth-order valence-corrected chi connectivity index (χ4v) is 5.23. The predicted octanol–water partition coefficient (Wildman–Crippen LogP) is 5.68. The maximum absolute atomic E-state index is 7.72. The molecule has 0 amide bonds. The van der Waals surface area contributed by atoms with Crippen molar-refractivity contribution >= 4 is 33.7 Å². The summed E-state index contributed by atoms with van der Waals surface area (Å²) in [6.45, 7) is 7.44. The van der Waals surface area contributed by atoms with E-state index in [0.717, 1.165) is 54.6 Å². The number of rotatable bonds is 6. The number of nitrogens with zero attached hydrogens (tertiary/aromatic N) is 2. The Morgan fingerprint density at radius 1 is 1.06 bits per heavy atom. The topological polar surface area (TPSA) is 81.8 Å². The molecule has 0 unspecified atom stereocenters. The molecule has 5 rings (SSSR count). The van der Waals surface area contributed by atoms with Gasteiger partial charge in [0, 0.05) is 52.2 Å². The largest absolute Gasteiger partial charge is 0.398 e. The Hall–Kier alpha value is -3.18. The molecular weight excluding hydrogens is 394 g/mol. The number of benzene rings is 2. The van der Waals surface area contributed by atoms with Crippen molar-refractivity contribution in [3.63, 3.8) is 0 Å². The smallest absolute Gasteiger partial charge is 0.0713 e. The summed E-state index contributed by atoms with van der Waals surface area (Å²) in [7, 11) is 0. The second kappa shape index (κ2) is 8.40. The minimum atomic E-state index is 0.643. The highest BCUT2D eigenvalue weighted by molar-refractivity contribution is 6.10. The van der Waals surface area contributed by atoms with Gasteiger partial charge in [0.05, 0.1) is 5.52 Å². The average molecular weight is 426 g/mol. The summed E-state index contributed by atoms with van der Waals surface area (Å²) in [4.78, 5) is 11.0. The molecule has 2 aromatic heterocycles. The minimum Gasteiger partial charge on any atom is -0.398 e. The summed E-state index contributed by atoms with van der Waals surface area (Å²) in [5.74, 6) is 0. The van der Waals surface area contributed by atoms with E-state index in [4.69, 9.17) is 16.1 Å². The van der Waals surface area contributed by atoms with Crippen LogP contribution in [0.1, 0.15) is 48.9 Å². The molecule has 5 nitrogen and oxygen atoms in total. The molecular formula is C27H31N5. The van der Waals surface area contributed by atoms with Gasteiger partial charge in [0.1, 0.15) is 0 Å². The van der Waals surface area contributed by atoms with Crippen LogP contribution in [0.25, 0.3) is 33.1 Å². The van der Waals surface area contributed by atoms with Crippen LogP contribution in [0.3, 0.4) is 0 Å². The van der Waals surface area contributed by atoms with Crippen LogP contribution in [-0.2, 0) is 19.4 Å². The van der Waals surface area contributed by atoms with Gasteiger partial charge >= 0.3 is 0 Å². The molecule has 0 fully saturated rings. The maximum Gasteiger partial charge on any atom is 0.0713 e. The first-order valence-electron chi connectivity index (χ1n) is 11.7. The van der Waals surface area contributed by atoms with Crippen molar-refractivity contribution in [2.45, 2.75) is 46.1 Å². The molecule has 4 aromatic rings. The van der Waals surface area contributed by atoms with Gasteiger partial charge < -0.3 is 16.1 Å². The van der Waals surface area contributed by atoms with Crippen LogP contribution in [-0.4, -0.2) is 34.2 Å². The van der Waals surface area contributed by atoms with E-state index >= 15 is 0 Å². The highest BCUT2D eigenvalue weighted by Crippen LogP contribution is 2.39. The molecule has 1 aliphatic rings. The van der Waals surface area contributed by atoms with E-state index in [1.807, 2.05) is 12.1 Å². The van der Waals surface area contributed by atoms with E-state index in [0.29, 0.717) is 5.69 Å². The molecule has 0 spiro atoms. The number of pyridine rings is 1. The molecule has 0 bridgehead atoms. The van der Waals surface area contributed by atoms with Gasteiger partial charge in [0.15, 0.2) is 0 Å². The second-order valence-electron chi connectivity index (χ2n) is 8.78. The third kappa shape index (κ3) is 3.37. The number of hydrogen-bond acceptors (Lipinski definition) is 4. The number of nitrogens with one attached hydrogen (secondary N) is 2. The van der Waals surface area contributed by atoms with Gasteiger partial charge in [-0.25, -0.2) is 0 Å². The Kier molecular flexibility index (Phi) is 5.43. The Labute approximate surface area is 189 Å². The summed E-state index contributed by atoms with van der Waals surface area (Å²) < 4.78 is 0. The summed E-state index contributed by atoms with van der Waals surface area (Å²) in [5.41, 5.74) is 16.2. The van der Waals surface area contributed by atoms with Crippen molar-refractivity contribution in [2.75, 3.05) is 18.8 Å². The van der Waals surface area contributed by atoms with Gasteiger partial charge in [-0.2, -0.15) is 0 Å². The van der Waals surface area contributed by atoms with Gasteiger partial charge in [-0.3, -0.25) is 9.88 Å². The molecule has 1 aliphatic carbocycles. The van der Waals surface area contributed by atoms with E-state index in [9.17, 15) is 0 Å². The highest BCUT2D eigenvalue weighted by atomic mass is 15.1. The zero-order chi connectivity index (χ0) is 22.2. The zero-order valence-electron chi connectivity index (χ0n) is 19.0. The van der Waals surface area contributed by atoms with Crippen LogP contribution in [0.2, 0.25) is 0 Å². The summed E-state index contributed by atoms with van der Waals surface area (Å²) >= 11 is 0. The number of aromatic amines is 1. The van der Waals surface area contributed by atoms with Gasteiger partial charge in [-0.1, -0.05) is 19.9 Å². The number of nitrogens with two attached hydrogens (primary N) is 1. The van der Waals surface area contributed by atoms with E-state index in [-0.39, 0.29) is 0 Å². The fraction of sp³-hybridized carbons (Fsp3) is 0.333. The molecule has 5 heteroatoms. The van der Waals surface area contributed by atoms with Crippen molar-refractivity contribution in [1.82, 2.24) is 14.9 Å². The average Bonchev–Trinajstić information content (AvgIpc) is 3.25. The predicted molar refractivity (Wildman–Crippen MR) is 135 cm³/mol. The lowest BCUT2D eigenvalue weighted by molar-refractivity contribution is 0.297. The molecule has 0 saturated carbocycles. The number of aryl methyl sites for hydroxylation is 1. The normalized spacial score (nSPS) is 13.7. The van der Waals surface area contributed by atoms with Crippen LogP contribution in [0, 0.1) is 5.41 Å². The van der Waals surface area contributed by atoms with E-state index < -0.39 is 0 Å². The Morgan fingerprint density at radius 2 is 1.84 bits per heavy atom. The van der Waals surface area contributed by atoms with Crippen molar-refractivity contribution < 1.29 is 0 Å². The number of fused-ring (bicyclic) bond motifs is 5. The fourth-order valence-electron chi connectivity index (χ4n) is 5.23. The van der Waals surface area contributed by atoms with E-state index in [2.05, 4.69) is 48.1 Å². The summed E-state index contributed by atoms with van der Waals surface area (Å²) in [5, 5.41) is 10.4. The zero-order valence-corrected chi connectivity index (χ0v) is 19.0. The SMILES string of the molecule is CCN(CC)Cc1cnc2ccc3[nH]c(-c4ccc(N)c(C=N)c4)c4c(c3c12)CCCC4. The van der Waals surface area contributed by atoms with Crippen molar-refractivity contribution in [1.29, 1.82) is 5.41 Å². The van der Waals surface area contributed by atoms with Crippen LogP contribution >= 0.6 is 0 Å². The Balaban J connectivity index is 1.78. The van der Waals surface area contributed by atoms with E-state index in [1.165, 1.54) is 52.2 Å². The van der Waals surface area contributed by atoms with Gasteiger partial charge in [-0.05, 0) is 85.3 Å². The summed E-state index contributed by atoms with van der Waals surface area (Å²) in [6.07, 6.45) is 7.99. The highest BCUT2D eigenvalue weighted by Gasteiger charge is 2.22. The van der Waals surface area contributed by atoms with Crippen molar-refractivity contribution in [3.05, 3.63) is 58.8 Å². The number of H-pyrrole nitrogens is 1. The molecule has 4 N–H and O–H groups in total.